The summed E-state index contributed by atoms with van der Waals surface area (Å²) in [4.78, 5) is 11.4. The second kappa shape index (κ2) is 4.11. The van der Waals surface area contributed by atoms with Gasteiger partial charge in [0.05, 0.1) is 6.04 Å². The summed E-state index contributed by atoms with van der Waals surface area (Å²) >= 11 is 0. The zero-order valence-electron chi connectivity index (χ0n) is 8.46. The van der Waals surface area contributed by atoms with Gasteiger partial charge in [-0.25, -0.2) is 0 Å². The first kappa shape index (κ1) is 11.7. The number of amidine groups is 1. The van der Waals surface area contributed by atoms with E-state index in [1.165, 1.54) is 0 Å². The number of amides is 1. The average Bonchev–Trinajstić information content (AvgIpc) is 2.01. The van der Waals surface area contributed by atoms with Gasteiger partial charge in [-0.05, 0) is 6.92 Å². The maximum absolute atomic E-state index is 11.4. The molecule has 5 nitrogen and oxygen atoms in total. The molecule has 0 aliphatic heterocycles. The van der Waals surface area contributed by atoms with Crippen molar-refractivity contribution >= 4 is 11.7 Å². The highest BCUT2D eigenvalue weighted by atomic mass is 16.4. The lowest BCUT2D eigenvalue weighted by Crippen LogP contribution is -2.46. The molecular formula is C8H17N3O2. The fourth-order valence-corrected chi connectivity index (χ4v) is 0.574. The Morgan fingerprint density at radius 2 is 2.00 bits per heavy atom. The van der Waals surface area contributed by atoms with Gasteiger partial charge in [-0.1, -0.05) is 25.9 Å². The fourth-order valence-electron chi connectivity index (χ4n) is 0.574. The van der Waals surface area contributed by atoms with Crippen LogP contribution in [0.3, 0.4) is 0 Å². The number of nitrogens with zero attached hydrogens (tertiary/aromatic N) is 1. The van der Waals surface area contributed by atoms with Crippen molar-refractivity contribution in [3.05, 3.63) is 0 Å². The van der Waals surface area contributed by atoms with E-state index in [1.54, 1.807) is 27.7 Å². The minimum absolute atomic E-state index is 0.00222. The van der Waals surface area contributed by atoms with Crippen LogP contribution in [0.2, 0.25) is 0 Å². The monoisotopic (exact) mass is 187 g/mol. The van der Waals surface area contributed by atoms with Crippen LogP contribution in [0.25, 0.3) is 0 Å². The first-order valence-corrected chi connectivity index (χ1v) is 4.07. The van der Waals surface area contributed by atoms with Gasteiger partial charge in [0.1, 0.15) is 0 Å². The van der Waals surface area contributed by atoms with Gasteiger partial charge in [0.2, 0.25) is 5.91 Å². The normalized spacial score (nSPS) is 15.2. The van der Waals surface area contributed by atoms with E-state index in [-0.39, 0.29) is 11.7 Å². The summed E-state index contributed by atoms with van der Waals surface area (Å²) in [6.07, 6.45) is 0. The lowest BCUT2D eigenvalue weighted by atomic mass is 9.95. The third kappa shape index (κ3) is 3.78. The van der Waals surface area contributed by atoms with Crippen molar-refractivity contribution in [1.82, 2.24) is 5.32 Å². The summed E-state index contributed by atoms with van der Waals surface area (Å²) in [5.74, 6) is -0.135. The highest BCUT2D eigenvalue weighted by molar-refractivity contribution is 5.91. The van der Waals surface area contributed by atoms with Crippen molar-refractivity contribution < 1.29 is 10.0 Å². The largest absolute Gasteiger partial charge is 0.409 e. The first-order chi connectivity index (χ1) is 5.79. The molecule has 76 valence electrons. The Bertz CT molecular complexity index is 218. The van der Waals surface area contributed by atoms with E-state index >= 15 is 0 Å². The summed E-state index contributed by atoms with van der Waals surface area (Å²) in [5.41, 5.74) is 4.83. The number of rotatable bonds is 2. The highest BCUT2D eigenvalue weighted by Crippen LogP contribution is 2.12. The fraction of sp³-hybridized carbons (Fsp3) is 0.750. The van der Waals surface area contributed by atoms with Gasteiger partial charge >= 0.3 is 0 Å². The molecule has 0 aliphatic rings. The van der Waals surface area contributed by atoms with Crippen LogP contribution < -0.4 is 11.1 Å². The molecule has 0 rings (SSSR count). The number of carbonyl (C=O) groups is 1. The van der Waals surface area contributed by atoms with Gasteiger partial charge in [-0.3, -0.25) is 4.79 Å². The molecule has 5 heteroatoms. The van der Waals surface area contributed by atoms with Crippen LogP contribution in [0.15, 0.2) is 5.16 Å². The van der Waals surface area contributed by atoms with E-state index in [9.17, 15) is 4.79 Å². The number of carbonyl (C=O) groups excluding carboxylic acids is 1. The Balaban J connectivity index is 4.23. The third-order valence-corrected chi connectivity index (χ3v) is 1.59. The molecule has 0 aromatic carbocycles. The Kier molecular flexibility index (Phi) is 3.71. The van der Waals surface area contributed by atoms with Crippen molar-refractivity contribution in [3.63, 3.8) is 0 Å². The zero-order valence-corrected chi connectivity index (χ0v) is 8.46. The highest BCUT2D eigenvalue weighted by Gasteiger charge is 2.23. The van der Waals surface area contributed by atoms with Gasteiger partial charge in [0, 0.05) is 5.41 Å². The average molecular weight is 187 g/mol. The van der Waals surface area contributed by atoms with Gasteiger partial charge in [-0.2, -0.15) is 0 Å². The molecule has 1 atom stereocenters. The number of nitrogens with two attached hydrogens (primary N) is 1. The molecule has 1 unspecified atom stereocenters. The van der Waals surface area contributed by atoms with E-state index in [1.807, 2.05) is 0 Å². The molecule has 4 N–H and O–H groups in total. The predicted molar refractivity (Wildman–Crippen MR) is 50.5 cm³/mol. The van der Waals surface area contributed by atoms with Crippen molar-refractivity contribution in [3.8, 4) is 0 Å². The minimum Gasteiger partial charge on any atom is -0.409 e. The van der Waals surface area contributed by atoms with Crippen LogP contribution in [0, 0.1) is 5.41 Å². The Hall–Kier alpha value is -1.26. The minimum atomic E-state index is -0.468. The maximum atomic E-state index is 11.4. The Morgan fingerprint density at radius 1 is 1.54 bits per heavy atom. The van der Waals surface area contributed by atoms with Crippen LogP contribution in [0.5, 0.6) is 0 Å². The lowest BCUT2D eigenvalue weighted by Gasteiger charge is -2.20. The molecule has 0 spiro atoms. The van der Waals surface area contributed by atoms with Crippen LogP contribution >= 0.6 is 0 Å². The van der Waals surface area contributed by atoms with Crippen molar-refractivity contribution in [2.24, 2.45) is 16.3 Å². The molecular weight excluding hydrogens is 170 g/mol. The Labute approximate surface area is 78.0 Å². The summed E-state index contributed by atoms with van der Waals surface area (Å²) < 4.78 is 0. The molecule has 0 bridgehead atoms. The van der Waals surface area contributed by atoms with Crippen LogP contribution in [-0.2, 0) is 4.79 Å². The smallest absolute Gasteiger partial charge is 0.225 e. The molecule has 0 aliphatic carbocycles. The molecule has 13 heavy (non-hydrogen) atoms. The van der Waals surface area contributed by atoms with Crippen molar-refractivity contribution in [2.45, 2.75) is 33.7 Å². The summed E-state index contributed by atoms with van der Waals surface area (Å²) in [6.45, 7) is 7.03. The van der Waals surface area contributed by atoms with Crippen LogP contribution in [-0.4, -0.2) is 23.0 Å². The molecule has 0 aromatic heterocycles. The van der Waals surface area contributed by atoms with E-state index in [0.717, 1.165) is 0 Å². The lowest BCUT2D eigenvalue weighted by molar-refractivity contribution is -0.128. The summed E-state index contributed by atoms with van der Waals surface area (Å²) in [5, 5.41) is 13.8. The van der Waals surface area contributed by atoms with E-state index in [2.05, 4.69) is 10.5 Å². The van der Waals surface area contributed by atoms with E-state index in [0.29, 0.717) is 0 Å². The van der Waals surface area contributed by atoms with E-state index in [4.69, 9.17) is 10.9 Å². The quantitative estimate of drug-likeness (QED) is 0.251. The molecule has 0 aromatic rings. The zero-order chi connectivity index (χ0) is 10.6. The van der Waals surface area contributed by atoms with Crippen LogP contribution in [0.4, 0.5) is 0 Å². The van der Waals surface area contributed by atoms with Crippen molar-refractivity contribution in [1.29, 1.82) is 0 Å². The molecule has 0 heterocycles. The third-order valence-electron chi connectivity index (χ3n) is 1.59. The van der Waals surface area contributed by atoms with Gasteiger partial charge < -0.3 is 16.3 Å². The standard InChI is InChI=1S/C8H17N3O2/c1-5(6(9)11-13)10-7(12)8(2,3)4/h5,13H,1-4H3,(H2,9,11)(H,10,12). The molecule has 0 saturated carbocycles. The van der Waals surface area contributed by atoms with Gasteiger partial charge in [0.25, 0.3) is 0 Å². The number of nitrogens with one attached hydrogen (secondary N) is 1. The van der Waals surface area contributed by atoms with E-state index < -0.39 is 11.5 Å². The summed E-state index contributed by atoms with van der Waals surface area (Å²) in [6, 6.07) is -0.447. The first-order valence-electron chi connectivity index (χ1n) is 4.07. The molecule has 0 saturated heterocycles. The SMILES string of the molecule is CC(NC(=O)C(C)(C)C)/C(N)=N/O. The number of hydrogen-bond acceptors (Lipinski definition) is 3. The van der Waals surface area contributed by atoms with Gasteiger partial charge in [0.15, 0.2) is 5.84 Å². The second-order valence-electron chi connectivity index (χ2n) is 3.97. The maximum Gasteiger partial charge on any atom is 0.225 e. The molecule has 0 fully saturated rings. The van der Waals surface area contributed by atoms with Gasteiger partial charge in [-0.15, -0.1) is 0 Å². The topological polar surface area (TPSA) is 87.7 Å². The van der Waals surface area contributed by atoms with Crippen molar-refractivity contribution in [2.75, 3.05) is 0 Å². The Morgan fingerprint density at radius 3 is 2.31 bits per heavy atom. The number of hydrogen-bond donors (Lipinski definition) is 3. The number of oxime groups is 1. The second-order valence-corrected chi connectivity index (χ2v) is 3.97. The molecule has 1 amide bonds. The summed E-state index contributed by atoms with van der Waals surface area (Å²) in [7, 11) is 0. The predicted octanol–water partition coefficient (Wildman–Crippen LogP) is 0.284. The van der Waals surface area contributed by atoms with Crippen LogP contribution in [0.1, 0.15) is 27.7 Å². The molecule has 0 radical (unpaired) electrons.